The molecule has 0 fully saturated rings. The summed E-state index contributed by atoms with van der Waals surface area (Å²) < 4.78 is 5.25. The fourth-order valence-corrected chi connectivity index (χ4v) is 1.62. The van der Waals surface area contributed by atoms with Gasteiger partial charge in [-0.15, -0.1) is 0 Å². The second-order valence-corrected chi connectivity index (χ2v) is 3.97. The Balaban J connectivity index is 2.02. The Kier molecular flexibility index (Phi) is 3.39. The van der Waals surface area contributed by atoms with Crippen LogP contribution in [0.4, 0.5) is 5.69 Å². The number of ether oxygens (including phenoxy) is 1. The Labute approximate surface area is 99.2 Å². The summed E-state index contributed by atoms with van der Waals surface area (Å²) in [5.74, 6) is 0.630. The summed E-state index contributed by atoms with van der Waals surface area (Å²) in [5, 5.41) is 5.76. The van der Waals surface area contributed by atoms with E-state index in [0.717, 1.165) is 5.56 Å². The van der Waals surface area contributed by atoms with Crippen LogP contribution in [0.5, 0.6) is 5.75 Å². The van der Waals surface area contributed by atoms with E-state index >= 15 is 0 Å². The molecule has 0 unspecified atom stereocenters. The van der Waals surface area contributed by atoms with Crippen molar-refractivity contribution in [2.75, 3.05) is 18.5 Å². The molecule has 1 aliphatic heterocycles. The second kappa shape index (κ2) is 4.97. The Morgan fingerprint density at radius 1 is 1.53 bits per heavy atom. The number of hydrogen-bond donors (Lipinski definition) is 2. The van der Waals surface area contributed by atoms with Crippen molar-refractivity contribution in [3.8, 4) is 5.75 Å². The van der Waals surface area contributed by atoms with Crippen LogP contribution < -0.4 is 15.4 Å². The van der Waals surface area contributed by atoms with Crippen LogP contribution in [0.15, 0.2) is 18.2 Å². The Bertz CT molecular complexity index is 457. The lowest BCUT2D eigenvalue weighted by atomic mass is 10.1. The van der Waals surface area contributed by atoms with Gasteiger partial charge in [-0.1, -0.05) is 6.07 Å². The maximum atomic E-state index is 11.1. The number of hydrogen-bond acceptors (Lipinski definition) is 4. The number of amides is 1. The van der Waals surface area contributed by atoms with E-state index in [2.05, 4.69) is 10.6 Å². The summed E-state index contributed by atoms with van der Waals surface area (Å²) in [6.45, 7) is 2.53. The molecule has 0 saturated heterocycles. The van der Waals surface area contributed by atoms with E-state index in [4.69, 9.17) is 4.74 Å². The number of Topliss-reactive ketones (excluding diaryl/α,β-unsaturated/α-hetero) is 1. The van der Waals surface area contributed by atoms with E-state index in [-0.39, 0.29) is 18.3 Å². The highest BCUT2D eigenvalue weighted by Gasteiger charge is 2.15. The summed E-state index contributed by atoms with van der Waals surface area (Å²) in [5.41, 5.74) is 1.68. The van der Waals surface area contributed by atoms with Gasteiger partial charge in [-0.3, -0.25) is 9.59 Å². The molecule has 0 bridgehead atoms. The highest BCUT2D eigenvalue weighted by atomic mass is 16.5. The van der Waals surface area contributed by atoms with Crippen LogP contribution in [0.25, 0.3) is 0 Å². The summed E-state index contributed by atoms with van der Waals surface area (Å²) in [6, 6.07) is 5.57. The van der Waals surface area contributed by atoms with Gasteiger partial charge in [-0.05, 0) is 24.6 Å². The molecule has 2 N–H and O–H groups in total. The summed E-state index contributed by atoms with van der Waals surface area (Å²) in [6.07, 6.45) is 0. The van der Waals surface area contributed by atoms with Crippen LogP contribution in [-0.2, 0) is 16.1 Å². The Hall–Kier alpha value is -1.88. The van der Waals surface area contributed by atoms with Gasteiger partial charge in [-0.2, -0.15) is 0 Å². The van der Waals surface area contributed by atoms with Gasteiger partial charge in [-0.25, -0.2) is 0 Å². The minimum absolute atomic E-state index is 0.0644. The standard InChI is InChI=1S/C12H14N2O3/c1-8(15)5-13-6-9-2-3-11-10(4-9)14-12(16)7-17-11/h2-4,13H,5-7H2,1H3,(H,14,16). The summed E-state index contributed by atoms with van der Waals surface area (Å²) in [7, 11) is 0. The number of rotatable bonds is 4. The van der Waals surface area contributed by atoms with Crippen LogP contribution in [0.1, 0.15) is 12.5 Å². The molecule has 0 saturated carbocycles. The number of ketones is 1. The number of benzene rings is 1. The van der Waals surface area contributed by atoms with Crippen LogP contribution in [0, 0.1) is 0 Å². The fraction of sp³-hybridized carbons (Fsp3) is 0.333. The number of carbonyl (C=O) groups is 2. The van der Waals surface area contributed by atoms with Crippen LogP contribution in [0.3, 0.4) is 0 Å². The van der Waals surface area contributed by atoms with Gasteiger partial charge in [0.05, 0.1) is 12.2 Å². The molecule has 1 heterocycles. The van der Waals surface area contributed by atoms with Crippen LogP contribution in [0.2, 0.25) is 0 Å². The predicted molar refractivity (Wildman–Crippen MR) is 63.0 cm³/mol. The molecule has 17 heavy (non-hydrogen) atoms. The van der Waals surface area contributed by atoms with Crippen molar-refractivity contribution in [1.82, 2.24) is 5.32 Å². The zero-order chi connectivity index (χ0) is 12.3. The van der Waals surface area contributed by atoms with Gasteiger partial charge in [0.2, 0.25) is 0 Å². The lowest BCUT2D eigenvalue weighted by Gasteiger charge is -2.18. The van der Waals surface area contributed by atoms with Gasteiger partial charge in [0.1, 0.15) is 11.5 Å². The molecule has 90 valence electrons. The van der Waals surface area contributed by atoms with E-state index in [1.54, 1.807) is 0 Å². The molecule has 0 spiro atoms. The minimum Gasteiger partial charge on any atom is -0.482 e. The lowest BCUT2D eigenvalue weighted by Crippen LogP contribution is -2.26. The predicted octanol–water partition coefficient (Wildman–Crippen LogP) is 0.696. The van der Waals surface area contributed by atoms with Crippen molar-refractivity contribution < 1.29 is 14.3 Å². The monoisotopic (exact) mass is 234 g/mol. The molecule has 2 rings (SSSR count). The average Bonchev–Trinajstić information content (AvgIpc) is 2.28. The first-order valence-electron chi connectivity index (χ1n) is 5.41. The Morgan fingerprint density at radius 3 is 3.12 bits per heavy atom. The summed E-state index contributed by atoms with van der Waals surface area (Å²) in [4.78, 5) is 21.9. The van der Waals surface area contributed by atoms with Gasteiger partial charge in [0.25, 0.3) is 5.91 Å². The van der Waals surface area contributed by atoms with E-state index in [0.29, 0.717) is 24.5 Å². The maximum absolute atomic E-state index is 11.1. The highest BCUT2D eigenvalue weighted by molar-refractivity contribution is 5.95. The normalized spacial score (nSPS) is 13.6. The zero-order valence-electron chi connectivity index (χ0n) is 9.58. The van der Waals surface area contributed by atoms with Gasteiger partial charge >= 0.3 is 0 Å². The number of nitrogens with one attached hydrogen (secondary N) is 2. The first kappa shape index (κ1) is 11.6. The Morgan fingerprint density at radius 2 is 2.35 bits per heavy atom. The van der Waals surface area contributed by atoms with Crippen LogP contribution >= 0.6 is 0 Å². The third kappa shape index (κ3) is 3.04. The third-order valence-electron chi connectivity index (χ3n) is 2.38. The largest absolute Gasteiger partial charge is 0.482 e. The molecular weight excluding hydrogens is 220 g/mol. The quantitative estimate of drug-likeness (QED) is 0.804. The molecule has 0 aromatic heterocycles. The summed E-state index contributed by atoms with van der Waals surface area (Å²) >= 11 is 0. The van der Waals surface area contributed by atoms with Crippen molar-refractivity contribution >= 4 is 17.4 Å². The third-order valence-corrected chi connectivity index (χ3v) is 2.38. The van der Waals surface area contributed by atoms with E-state index < -0.39 is 0 Å². The number of carbonyl (C=O) groups excluding carboxylic acids is 2. The molecule has 0 radical (unpaired) electrons. The highest BCUT2D eigenvalue weighted by Crippen LogP contribution is 2.28. The van der Waals surface area contributed by atoms with Gasteiger partial charge in [0, 0.05) is 6.54 Å². The average molecular weight is 234 g/mol. The van der Waals surface area contributed by atoms with Crippen molar-refractivity contribution in [2.45, 2.75) is 13.5 Å². The first-order chi connectivity index (χ1) is 8.15. The minimum atomic E-state index is -0.147. The molecule has 1 aliphatic rings. The van der Waals surface area contributed by atoms with E-state index in [1.807, 2.05) is 18.2 Å². The van der Waals surface area contributed by atoms with Gasteiger partial charge < -0.3 is 15.4 Å². The zero-order valence-corrected chi connectivity index (χ0v) is 9.58. The molecule has 1 amide bonds. The SMILES string of the molecule is CC(=O)CNCc1ccc2c(c1)NC(=O)CO2. The van der Waals surface area contributed by atoms with Crippen molar-refractivity contribution in [1.29, 1.82) is 0 Å². The van der Waals surface area contributed by atoms with Gasteiger partial charge in [0.15, 0.2) is 6.61 Å². The maximum Gasteiger partial charge on any atom is 0.262 e. The first-order valence-corrected chi connectivity index (χ1v) is 5.41. The number of anilines is 1. The van der Waals surface area contributed by atoms with E-state index in [1.165, 1.54) is 6.92 Å². The topological polar surface area (TPSA) is 67.4 Å². The molecule has 5 nitrogen and oxygen atoms in total. The fourth-order valence-electron chi connectivity index (χ4n) is 1.62. The van der Waals surface area contributed by atoms with Crippen molar-refractivity contribution in [3.63, 3.8) is 0 Å². The molecule has 5 heteroatoms. The molecule has 1 aromatic rings. The molecular formula is C12H14N2O3. The van der Waals surface area contributed by atoms with Crippen LogP contribution in [-0.4, -0.2) is 24.8 Å². The lowest BCUT2D eigenvalue weighted by molar-refractivity contribution is -0.118. The van der Waals surface area contributed by atoms with Crippen molar-refractivity contribution in [3.05, 3.63) is 23.8 Å². The molecule has 1 aromatic carbocycles. The molecule has 0 atom stereocenters. The number of fused-ring (bicyclic) bond motifs is 1. The molecule has 0 aliphatic carbocycles. The van der Waals surface area contributed by atoms with Crippen molar-refractivity contribution in [2.24, 2.45) is 0 Å². The van der Waals surface area contributed by atoms with E-state index in [9.17, 15) is 9.59 Å². The smallest absolute Gasteiger partial charge is 0.262 e. The second-order valence-electron chi connectivity index (χ2n) is 3.97.